The number of aromatic hydroxyl groups is 1. The van der Waals surface area contributed by atoms with Crippen molar-refractivity contribution in [2.75, 3.05) is 0 Å². The van der Waals surface area contributed by atoms with E-state index in [4.69, 9.17) is 4.74 Å². The maximum atomic E-state index is 10.6. The first-order valence-electron chi connectivity index (χ1n) is 9.04. The first kappa shape index (κ1) is 14.4. The van der Waals surface area contributed by atoms with Crippen LogP contribution in [0.25, 0.3) is 0 Å². The zero-order valence-electron chi connectivity index (χ0n) is 14.1. The molecule has 1 aromatic carbocycles. The molecule has 4 aliphatic rings. The first-order chi connectivity index (χ1) is 10.5. The maximum Gasteiger partial charge on any atom is 0.127 e. The number of ether oxygens (including phenoxy) is 1. The van der Waals surface area contributed by atoms with E-state index in [1.54, 1.807) is 0 Å². The number of unbranched alkanes of at least 4 members (excludes halogenated alkanes) is 2. The van der Waals surface area contributed by atoms with Gasteiger partial charge in [-0.05, 0) is 60.6 Å². The number of benzene rings is 1. The summed E-state index contributed by atoms with van der Waals surface area (Å²) in [5, 5.41) is 10.6. The van der Waals surface area contributed by atoms with Gasteiger partial charge in [-0.3, -0.25) is 0 Å². The van der Waals surface area contributed by atoms with Gasteiger partial charge in [0.2, 0.25) is 0 Å². The van der Waals surface area contributed by atoms with E-state index in [0.29, 0.717) is 29.1 Å². The summed E-state index contributed by atoms with van der Waals surface area (Å²) >= 11 is 0. The lowest BCUT2D eigenvalue weighted by Gasteiger charge is -2.60. The fourth-order valence-electron chi connectivity index (χ4n) is 5.25. The van der Waals surface area contributed by atoms with Crippen molar-refractivity contribution in [3.05, 3.63) is 23.3 Å². The Hall–Kier alpha value is -1.18. The molecule has 0 saturated heterocycles. The Labute approximate surface area is 133 Å². The van der Waals surface area contributed by atoms with Gasteiger partial charge in [0.15, 0.2) is 0 Å². The normalized spacial score (nSPS) is 33.6. The molecular formula is C20H28O2. The summed E-state index contributed by atoms with van der Waals surface area (Å²) in [5.74, 6) is 3.36. The predicted molar refractivity (Wildman–Crippen MR) is 88.5 cm³/mol. The number of hydrogen-bond acceptors (Lipinski definition) is 2. The van der Waals surface area contributed by atoms with E-state index >= 15 is 0 Å². The van der Waals surface area contributed by atoms with Gasteiger partial charge in [0.25, 0.3) is 0 Å². The average Bonchev–Trinajstić information content (AvgIpc) is 2.85. The number of hydrogen-bond donors (Lipinski definition) is 1. The van der Waals surface area contributed by atoms with Crippen LogP contribution in [0.15, 0.2) is 12.1 Å². The molecule has 0 amide bonds. The van der Waals surface area contributed by atoms with E-state index in [2.05, 4.69) is 26.8 Å². The van der Waals surface area contributed by atoms with Crippen LogP contribution < -0.4 is 4.74 Å². The molecule has 2 heteroatoms. The van der Waals surface area contributed by atoms with Crippen LogP contribution in [0.2, 0.25) is 0 Å². The van der Waals surface area contributed by atoms with Crippen molar-refractivity contribution in [3.63, 3.8) is 0 Å². The van der Waals surface area contributed by atoms with E-state index in [1.165, 1.54) is 31.2 Å². The molecule has 22 heavy (non-hydrogen) atoms. The fraction of sp³-hybridized carbons (Fsp3) is 0.700. The molecule has 2 bridgehead atoms. The smallest absolute Gasteiger partial charge is 0.127 e. The third kappa shape index (κ3) is 1.92. The van der Waals surface area contributed by atoms with Gasteiger partial charge in [0.1, 0.15) is 17.6 Å². The summed E-state index contributed by atoms with van der Waals surface area (Å²) in [6, 6.07) is 4.20. The molecule has 3 fully saturated rings. The number of rotatable bonds is 4. The van der Waals surface area contributed by atoms with Gasteiger partial charge in [-0.1, -0.05) is 33.6 Å². The van der Waals surface area contributed by atoms with E-state index in [0.717, 1.165) is 30.1 Å². The largest absolute Gasteiger partial charge is 0.508 e. The lowest BCUT2D eigenvalue weighted by atomic mass is 9.44. The van der Waals surface area contributed by atoms with Gasteiger partial charge in [0, 0.05) is 11.5 Å². The molecule has 5 rings (SSSR count). The third-order valence-corrected chi connectivity index (χ3v) is 6.76. The summed E-state index contributed by atoms with van der Waals surface area (Å²) in [7, 11) is 0. The van der Waals surface area contributed by atoms with Gasteiger partial charge < -0.3 is 9.84 Å². The molecule has 3 unspecified atom stereocenters. The summed E-state index contributed by atoms with van der Waals surface area (Å²) in [4.78, 5) is 0. The van der Waals surface area contributed by atoms with E-state index < -0.39 is 0 Å². The SMILES string of the molecule is CCCCCc1cc(O)c2c(c1)OC1CC3CC([C@H]21)C3(C)C. The van der Waals surface area contributed by atoms with Crippen molar-refractivity contribution in [2.24, 2.45) is 17.3 Å². The highest BCUT2D eigenvalue weighted by Crippen LogP contribution is 2.68. The van der Waals surface area contributed by atoms with E-state index in [1.807, 2.05) is 6.07 Å². The molecular weight excluding hydrogens is 272 g/mol. The third-order valence-electron chi connectivity index (χ3n) is 6.76. The van der Waals surface area contributed by atoms with Crippen LogP contribution in [0.3, 0.4) is 0 Å². The van der Waals surface area contributed by atoms with Crippen LogP contribution in [0.4, 0.5) is 0 Å². The van der Waals surface area contributed by atoms with Crippen LogP contribution in [0.5, 0.6) is 11.5 Å². The summed E-state index contributed by atoms with van der Waals surface area (Å²) in [6.45, 7) is 7.02. The molecule has 0 aromatic heterocycles. The summed E-state index contributed by atoms with van der Waals surface area (Å²) in [6.07, 6.45) is 7.51. The maximum absolute atomic E-state index is 10.6. The molecule has 0 spiro atoms. The molecule has 1 N–H and O–H groups in total. The van der Waals surface area contributed by atoms with Crippen molar-refractivity contribution in [1.29, 1.82) is 0 Å². The number of aryl methyl sites for hydroxylation is 1. The average molecular weight is 300 g/mol. The fourth-order valence-corrected chi connectivity index (χ4v) is 5.25. The minimum atomic E-state index is 0.309. The Balaban J connectivity index is 1.63. The molecule has 0 radical (unpaired) electrons. The van der Waals surface area contributed by atoms with Crippen LogP contribution in [-0.4, -0.2) is 11.2 Å². The second-order valence-electron chi connectivity index (χ2n) is 8.26. The number of phenols is 1. The highest BCUT2D eigenvalue weighted by atomic mass is 16.5. The minimum Gasteiger partial charge on any atom is -0.508 e. The van der Waals surface area contributed by atoms with Crippen molar-refractivity contribution in [2.45, 2.75) is 71.3 Å². The van der Waals surface area contributed by atoms with Crippen molar-refractivity contribution < 1.29 is 9.84 Å². The highest BCUT2D eigenvalue weighted by Gasteiger charge is 2.61. The Morgan fingerprint density at radius 1 is 1.23 bits per heavy atom. The summed E-state index contributed by atoms with van der Waals surface area (Å²) < 4.78 is 6.27. The molecule has 3 saturated carbocycles. The van der Waals surface area contributed by atoms with Crippen molar-refractivity contribution in [1.82, 2.24) is 0 Å². The van der Waals surface area contributed by atoms with E-state index in [-0.39, 0.29) is 0 Å². The van der Waals surface area contributed by atoms with Gasteiger partial charge in [0.05, 0.1) is 0 Å². The Kier molecular flexibility index (Phi) is 3.22. The number of fused-ring (bicyclic) bond motifs is 1. The minimum absolute atomic E-state index is 0.309. The Morgan fingerprint density at radius 3 is 2.77 bits per heavy atom. The lowest BCUT2D eigenvalue weighted by molar-refractivity contribution is -0.116. The second kappa shape index (κ2) is 4.91. The Morgan fingerprint density at radius 2 is 2.05 bits per heavy atom. The first-order valence-corrected chi connectivity index (χ1v) is 9.04. The highest BCUT2D eigenvalue weighted by molar-refractivity contribution is 5.54. The van der Waals surface area contributed by atoms with Gasteiger partial charge in [-0.15, -0.1) is 0 Å². The second-order valence-corrected chi connectivity index (χ2v) is 8.26. The quantitative estimate of drug-likeness (QED) is 0.790. The topological polar surface area (TPSA) is 29.5 Å². The molecule has 2 nitrogen and oxygen atoms in total. The lowest BCUT2D eigenvalue weighted by Crippen LogP contribution is -2.56. The van der Waals surface area contributed by atoms with Crippen LogP contribution in [0.1, 0.15) is 69.9 Å². The molecule has 1 aromatic rings. The standard InChI is InChI=1S/C20H28O2/c1-4-5-6-7-12-8-15(21)19-16(9-12)22-17-11-13-10-14(18(17)19)20(13,2)3/h8-9,13-14,17-18,21H,4-7,10-11H2,1-3H3/t13?,14?,17?,18-/m0/s1. The summed E-state index contributed by atoms with van der Waals surface area (Å²) in [5.41, 5.74) is 2.76. The molecule has 3 aliphatic carbocycles. The van der Waals surface area contributed by atoms with Crippen molar-refractivity contribution >= 4 is 0 Å². The Bertz CT molecular complexity index is 590. The van der Waals surface area contributed by atoms with Crippen LogP contribution in [0, 0.1) is 17.3 Å². The molecule has 4 atom stereocenters. The zero-order chi connectivity index (χ0) is 15.5. The van der Waals surface area contributed by atoms with Gasteiger partial charge in [-0.25, -0.2) is 0 Å². The van der Waals surface area contributed by atoms with Gasteiger partial charge in [-0.2, -0.15) is 0 Å². The predicted octanol–water partition coefficient (Wildman–Crippen LogP) is 5.04. The zero-order valence-corrected chi connectivity index (χ0v) is 14.1. The van der Waals surface area contributed by atoms with Crippen LogP contribution >= 0.6 is 0 Å². The monoisotopic (exact) mass is 300 g/mol. The molecule has 1 aliphatic heterocycles. The van der Waals surface area contributed by atoms with Crippen LogP contribution in [-0.2, 0) is 6.42 Å². The number of phenolic OH excluding ortho intramolecular Hbond substituents is 1. The molecule has 120 valence electrons. The van der Waals surface area contributed by atoms with Gasteiger partial charge >= 0.3 is 0 Å². The molecule has 1 heterocycles. The van der Waals surface area contributed by atoms with E-state index in [9.17, 15) is 5.11 Å². The van der Waals surface area contributed by atoms with Crippen molar-refractivity contribution in [3.8, 4) is 11.5 Å².